The van der Waals surface area contributed by atoms with E-state index in [4.69, 9.17) is 24.8 Å². The van der Waals surface area contributed by atoms with Crippen LogP contribution < -0.4 is 5.73 Å². The van der Waals surface area contributed by atoms with Crippen LogP contribution in [0.1, 0.15) is 90.9 Å². The first-order valence-electron chi connectivity index (χ1n) is 12.1. The topological polar surface area (TPSA) is 172 Å². The molecule has 0 saturated carbocycles. The number of unbranched alkanes of at least 4 members (excludes halogenated alkanes) is 8. The number of carboxylic acids is 1. The van der Waals surface area contributed by atoms with Crippen molar-refractivity contribution in [3.63, 3.8) is 0 Å². The number of hydrogen-bond acceptors (Lipinski definition) is 9. The number of carbonyl (C=O) groups excluding carboxylic acids is 2. The molecule has 1 unspecified atom stereocenters. The van der Waals surface area contributed by atoms with E-state index in [1.54, 1.807) is 0 Å². The van der Waals surface area contributed by atoms with Crippen molar-refractivity contribution in [2.24, 2.45) is 5.73 Å². The molecular formula is C22H42NO10P. The highest BCUT2D eigenvalue weighted by molar-refractivity contribution is 7.47. The zero-order chi connectivity index (χ0) is 25.8. The lowest BCUT2D eigenvalue weighted by Crippen LogP contribution is -2.34. The van der Waals surface area contributed by atoms with Gasteiger partial charge in [-0.15, -0.1) is 0 Å². The number of phosphoric ester groups is 1. The Kier molecular flexibility index (Phi) is 18.9. The van der Waals surface area contributed by atoms with Gasteiger partial charge >= 0.3 is 25.7 Å². The summed E-state index contributed by atoms with van der Waals surface area (Å²) in [7, 11) is -4.67. The van der Waals surface area contributed by atoms with Gasteiger partial charge in [0, 0.05) is 12.8 Å². The third kappa shape index (κ3) is 18.9. The Hall–Kier alpha value is -1.52. The standard InChI is InChI=1S/C22H42NO10P/c1-3-5-7-9-10-12-14-21(25)33-18(15-30-20(24)13-11-8-6-4-2)16-31-34(28,29)32-17-19(23)22(26)27/h18-19H,3-17,23H2,1-2H3,(H,26,27)(H,28,29)/t18-,19+/m1/s1. The molecule has 0 radical (unpaired) electrons. The second-order valence-electron chi connectivity index (χ2n) is 8.13. The van der Waals surface area contributed by atoms with Gasteiger partial charge in [0.15, 0.2) is 6.10 Å². The largest absolute Gasteiger partial charge is 0.480 e. The monoisotopic (exact) mass is 511 g/mol. The zero-order valence-corrected chi connectivity index (χ0v) is 21.3. The average molecular weight is 512 g/mol. The Labute approximate surface area is 202 Å². The number of carboxylic acid groups (broad SMARTS) is 1. The van der Waals surface area contributed by atoms with Gasteiger partial charge in [-0.2, -0.15) is 0 Å². The molecule has 0 fully saturated rings. The molecule has 0 rings (SSSR count). The van der Waals surface area contributed by atoms with Crippen molar-refractivity contribution in [2.75, 3.05) is 19.8 Å². The summed E-state index contributed by atoms with van der Waals surface area (Å²) in [4.78, 5) is 44.5. The Morgan fingerprint density at radius 2 is 1.29 bits per heavy atom. The van der Waals surface area contributed by atoms with Crippen LogP contribution in [0, 0.1) is 0 Å². The van der Waals surface area contributed by atoms with Crippen molar-refractivity contribution in [3.8, 4) is 0 Å². The molecule has 0 bridgehead atoms. The van der Waals surface area contributed by atoms with Gasteiger partial charge in [-0.3, -0.25) is 23.4 Å². The molecule has 200 valence electrons. The predicted octanol–water partition coefficient (Wildman–Crippen LogP) is 3.71. The quantitative estimate of drug-likeness (QED) is 0.110. The SMILES string of the molecule is CCCCCCCCC(=O)O[C@H](COC(=O)CCCCCC)COP(=O)(O)OC[C@H](N)C(=O)O. The zero-order valence-electron chi connectivity index (χ0n) is 20.4. The molecule has 0 aliphatic rings. The fourth-order valence-electron chi connectivity index (χ4n) is 2.83. The molecule has 34 heavy (non-hydrogen) atoms. The van der Waals surface area contributed by atoms with Gasteiger partial charge in [0.25, 0.3) is 0 Å². The van der Waals surface area contributed by atoms with Crippen LogP contribution in [-0.4, -0.2) is 59.9 Å². The maximum absolute atomic E-state index is 12.2. The van der Waals surface area contributed by atoms with Crippen molar-refractivity contribution >= 4 is 25.7 Å². The Bertz CT molecular complexity index is 631. The number of aliphatic carboxylic acids is 1. The fourth-order valence-corrected chi connectivity index (χ4v) is 3.60. The highest BCUT2D eigenvalue weighted by Crippen LogP contribution is 2.43. The molecular weight excluding hydrogens is 469 g/mol. The van der Waals surface area contributed by atoms with Crippen LogP contribution in [0.4, 0.5) is 0 Å². The molecule has 0 aliphatic carbocycles. The Morgan fingerprint density at radius 3 is 1.88 bits per heavy atom. The van der Waals surface area contributed by atoms with E-state index in [9.17, 15) is 23.8 Å². The maximum Gasteiger partial charge on any atom is 0.472 e. The second-order valence-corrected chi connectivity index (χ2v) is 9.58. The Morgan fingerprint density at radius 1 is 0.794 bits per heavy atom. The van der Waals surface area contributed by atoms with Crippen LogP contribution in [0.25, 0.3) is 0 Å². The van der Waals surface area contributed by atoms with Crippen LogP contribution in [0.2, 0.25) is 0 Å². The lowest BCUT2D eigenvalue weighted by atomic mass is 10.1. The van der Waals surface area contributed by atoms with Crippen molar-refractivity contribution in [1.29, 1.82) is 0 Å². The number of carbonyl (C=O) groups is 3. The predicted molar refractivity (Wildman–Crippen MR) is 125 cm³/mol. The second kappa shape index (κ2) is 19.8. The van der Waals surface area contributed by atoms with E-state index in [-0.39, 0.29) is 19.4 Å². The average Bonchev–Trinajstić information content (AvgIpc) is 2.79. The molecule has 0 heterocycles. The number of hydrogen-bond donors (Lipinski definition) is 3. The van der Waals surface area contributed by atoms with Crippen LogP contribution in [0.5, 0.6) is 0 Å². The molecule has 0 saturated heterocycles. The summed E-state index contributed by atoms with van der Waals surface area (Å²) in [5.74, 6) is -2.42. The van der Waals surface area contributed by atoms with Crippen molar-refractivity contribution in [2.45, 2.75) is 103 Å². The van der Waals surface area contributed by atoms with Crippen molar-refractivity contribution in [3.05, 3.63) is 0 Å². The van der Waals surface area contributed by atoms with Gasteiger partial charge < -0.3 is 25.2 Å². The minimum absolute atomic E-state index is 0.161. The van der Waals surface area contributed by atoms with E-state index in [1.165, 1.54) is 0 Å². The number of esters is 2. The number of phosphoric acid groups is 1. The van der Waals surface area contributed by atoms with E-state index in [1.807, 2.05) is 0 Å². The molecule has 0 aliphatic heterocycles. The normalized spacial score (nSPS) is 14.7. The number of ether oxygens (including phenoxy) is 2. The highest BCUT2D eigenvalue weighted by Gasteiger charge is 2.28. The molecule has 0 aromatic heterocycles. The molecule has 0 amide bonds. The van der Waals surface area contributed by atoms with Crippen molar-refractivity contribution < 1.29 is 47.5 Å². The van der Waals surface area contributed by atoms with E-state index in [0.29, 0.717) is 12.8 Å². The summed E-state index contributed by atoms with van der Waals surface area (Å²) >= 11 is 0. The minimum Gasteiger partial charge on any atom is -0.480 e. The smallest absolute Gasteiger partial charge is 0.472 e. The molecule has 0 spiro atoms. The molecule has 3 atom stereocenters. The van der Waals surface area contributed by atoms with E-state index in [2.05, 4.69) is 18.4 Å². The third-order valence-corrected chi connectivity index (χ3v) is 5.81. The van der Waals surface area contributed by atoms with E-state index in [0.717, 1.165) is 51.4 Å². The molecule has 12 heteroatoms. The maximum atomic E-state index is 12.2. The van der Waals surface area contributed by atoms with E-state index >= 15 is 0 Å². The van der Waals surface area contributed by atoms with Gasteiger partial charge in [-0.1, -0.05) is 65.2 Å². The van der Waals surface area contributed by atoms with Crippen molar-refractivity contribution in [1.82, 2.24) is 0 Å². The summed E-state index contributed by atoms with van der Waals surface area (Å²) in [6, 6.07) is -1.51. The highest BCUT2D eigenvalue weighted by atomic mass is 31.2. The lowest BCUT2D eigenvalue weighted by Gasteiger charge is -2.20. The van der Waals surface area contributed by atoms with Crippen LogP contribution in [-0.2, 0) is 37.5 Å². The fraction of sp³-hybridized carbons (Fsp3) is 0.864. The summed E-state index contributed by atoms with van der Waals surface area (Å²) in [6.07, 6.45) is 8.79. The summed E-state index contributed by atoms with van der Waals surface area (Å²) in [6.45, 7) is 2.50. The minimum atomic E-state index is -4.67. The van der Waals surface area contributed by atoms with Crippen LogP contribution >= 0.6 is 7.82 Å². The van der Waals surface area contributed by atoms with Gasteiger partial charge in [0.1, 0.15) is 12.6 Å². The summed E-state index contributed by atoms with van der Waals surface area (Å²) in [5, 5.41) is 8.72. The number of rotatable bonds is 22. The first-order chi connectivity index (χ1) is 16.1. The van der Waals surface area contributed by atoms with Gasteiger partial charge in [-0.25, -0.2) is 4.57 Å². The van der Waals surface area contributed by atoms with Gasteiger partial charge in [-0.05, 0) is 12.8 Å². The van der Waals surface area contributed by atoms with Gasteiger partial charge in [0.05, 0.1) is 13.2 Å². The molecule has 11 nitrogen and oxygen atoms in total. The Balaban J connectivity index is 4.66. The first kappa shape index (κ1) is 32.5. The third-order valence-electron chi connectivity index (χ3n) is 4.86. The van der Waals surface area contributed by atoms with Gasteiger partial charge in [0.2, 0.25) is 0 Å². The number of nitrogens with two attached hydrogens (primary N) is 1. The summed E-state index contributed by atoms with van der Waals surface area (Å²) < 4.78 is 31.8. The summed E-state index contributed by atoms with van der Waals surface area (Å²) in [5.41, 5.74) is 5.23. The lowest BCUT2D eigenvalue weighted by molar-refractivity contribution is -0.161. The van der Waals surface area contributed by atoms with E-state index < -0.39 is 51.1 Å². The molecule has 4 N–H and O–H groups in total. The van der Waals surface area contributed by atoms with Crippen LogP contribution in [0.3, 0.4) is 0 Å². The molecule has 0 aromatic rings. The first-order valence-corrected chi connectivity index (χ1v) is 13.6. The molecule has 0 aromatic carbocycles. The van der Waals surface area contributed by atoms with Crippen LogP contribution in [0.15, 0.2) is 0 Å².